The molecule has 1 heterocycles. The predicted molar refractivity (Wildman–Crippen MR) is 77.6 cm³/mol. The number of carboxylic acids is 1. The molecule has 2 N–H and O–H groups in total. The van der Waals surface area contributed by atoms with E-state index in [1.807, 2.05) is 13.8 Å². The van der Waals surface area contributed by atoms with Crippen LogP contribution in [0, 0.1) is 11.8 Å². The van der Waals surface area contributed by atoms with Gasteiger partial charge in [0.15, 0.2) is 0 Å². The highest BCUT2D eigenvalue weighted by Gasteiger charge is 2.22. The van der Waals surface area contributed by atoms with E-state index in [0.29, 0.717) is 19.5 Å². The molecule has 0 saturated carbocycles. The third kappa shape index (κ3) is 5.81. The van der Waals surface area contributed by atoms with E-state index in [4.69, 9.17) is 5.11 Å². The number of hydrogen-bond acceptors (Lipinski definition) is 4. The van der Waals surface area contributed by atoms with Crippen LogP contribution in [0.2, 0.25) is 0 Å². The minimum absolute atomic E-state index is 0.0148. The second kappa shape index (κ2) is 8.14. The van der Waals surface area contributed by atoms with Gasteiger partial charge in [-0.15, -0.1) is 0 Å². The van der Waals surface area contributed by atoms with Crippen molar-refractivity contribution in [3.8, 4) is 0 Å². The minimum Gasteiger partial charge on any atom is -0.481 e. The molecule has 0 aliphatic carbocycles. The van der Waals surface area contributed by atoms with E-state index < -0.39 is 11.9 Å². The number of aliphatic carboxylic acids is 1. The number of carbonyl (C=O) groups excluding carboxylic acids is 2. The molecule has 0 bridgehead atoms. The van der Waals surface area contributed by atoms with Crippen molar-refractivity contribution in [3.63, 3.8) is 0 Å². The summed E-state index contributed by atoms with van der Waals surface area (Å²) < 4.78 is 0. The molecule has 0 aromatic carbocycles. The van der Waals surface area contributed by atoms with Gasteiger partial charge in [-0.2, -0.15) is 0 Å². The Morgan fingerprint density at radius 2 is 2.15 bits per heavy atom. The van der Waals surface area contributed by atoms with E-state index in [2.05, 4.69) is 5.32 Å². The van der Waals surface area contributed by atoms with Gasteiger partial charge in [0.25, 0.3) is 5.24 Å². The Morgan fingerprint density at radius 1 is 1.45 bits per heavy atom. The molecule has 0 spiro atoms. The zero-order valence-electron chi connectivity index (χ0n) is 11.9. The third-order valence-electron chi connectivity index (χ3n) is 3.10. The molecule has 1 saturated heterocycles. The summed E-state index contributed by atoms with van der Waals surface area (Å²) in [7, 11) is 0. The van der Waals surface area contributed by atoms with E-state index in [1.165, 1.54) is 11.8 Å². The van der Waals surface area contributed by atoms with Crippen LogP contribution >= 0.6 is 11.8 Å². The van der Waals surface area contributed by atoms with Crippen LogP contribution in [-0.4, -0.2) is 52.5 Å². The summed E-state index contributed by atoms with van der Waals surface area (Å²) in [6, 6.07) is 0. The van der Waals surface area contributed by atoms with Crippen LogP contribution in [0.25, 0.3) is 0 Å². The van der Waals surface area contributed by atoms with E-state index in [9.17, 15) is 14.4 Å². The van der Waals surface area contributed by atoms with Gasteiger partial charge in [0, 0.05) is 31.8 Å². The van der Waals surface area contributed by atoms with Gasteiger partial charge >= 0.3 is 5.97 Å². The number of carbonyl (C=O) groups is 3. The lowest BCUT2D eigenvalue weighted by Gasteiger charge is -2.17. The lowest BCUT2D eigenvalue weighted by molar-refractivity contribution is -0.142. The average Bonchev–Trinajstić information content (AvgIpc) is 2.76. The highest BCUT2D eigenvalue weighted by Crippen LogP contribution is 2.17. The molecule has 7 heteroatoms. The first-order valence-electron chi connectivity index (χ1n) is 6.81. The minimum atomic E-state index is -0.884. The van der Waals surface area contributed by atoms with E-state index >= 15 is 0 Å². The molecule has 114 valence electrons. The fourth-order valence-electron chi connectivity index (χ4n) is 2.03. The number of amides is 2. The first-order chi connectivity index (χ1) is 9.40. The van der Waals surface area contributed by atoms with Gasteiger partial charge in [-0.1, -0.05) is 25.6 Å². The Balaban J connectivity index is 2.27. The Labute approximate surface area is 123 Å². The molecular formula is C13H22N2O4S. The van der Waals surface area contributed by atoms with Crippen molar-refractivity contribution in [1.29, 1.82) is 0 Å². The summed E-state index contributed by atoms with van der Waals surface area (Å²) in [5.41, 5.74) is 0. The summed E-state index contributed by atoms with van der Waals surface area (Å²) in [5.74, 6) is -0.597. The fourth-order valence-corrected chi connectivity index (χ4v) is 2.88. The van der Waals surface area contributed by atoms with Crippen LogP contribution in [0.4, 0.5) is 4.79 Å². The highest BCUT2D eigenvalue weighted by atomic mass is 32.2. The number of carboxylic acid groups (broad SMARTS) is 1. The largest absolute Gasteiger partial charge is 0.481 e. The highest BCUT2D eigenvalue weighted by molar-refractivity contribution is 8.13. The van der Waals surface area contributed by atoms with Crippen molar-refractivity contribution in [2.75, 3.05) is 25.4 Å². The molecule has 1 unspecified atom stereocenters. The Hall–Kier alpha value is -1.24. The van der Waals surface area contributed by atoms with Crippen LogP contribution in [0.5, 0.6) is 0 Å². The number of nitrogens with zero attached hydrogens (tertiary/aromatic N) is 1. The standard InChI is InChI=1S/C13H22N2O4S/c1-9(2)7-10(12(17)18)8-14-11(16)3-4-15-5-6-20-13(15)19/h9-10H,3-8H2,1-2H3,(H,14,16)(H,17,18). The van der Waals surface area contributed by atoms with E-state index in [0.717, 1.165) is 5.75 Å². The summed E-state index contributed by atoms with van der Waals surface area (Å²) in [5, 5.41) is 11.7. The van der Waals surface area contributed by atoms with Crippen LogP contribution in [-0.2, 0) is 9.59 Å². The topological polar surface area (TPSA) is 86.7 Å². The maximum atomic E-state index is 11.7. The zero-order chi connectivity index (χ0) is 15.1. The fraction of sp³-hybridized carbons (Fsp3) is 0.769. The molecule has 1 aliphatic heterocycles. The van der Waals surface area contributed by atoms with Crippen molar-refractivity contribution in [2.45, 2.75) is 26.7 Å². The van der Waals surface area contributed by atoms with Gasteiger partial charge in [0.05, 0.1) is 5.92 Å². The van der Waals surface area contributed by atoms with Gasteiger partial charge in [-0.05, 0) is 12.3 Å². The third-order valence-corrected chi connectivity index (χ3v) is 4.00. The Kier molecular flexibility index (Phi) is 6.84. The van der Waals surface area contributed by atoms with Gasteiger partial charge in [-0.25, -0.2) is 0 Å². The average molecular weight is 302 g/mol. The summed E-state index contributed by atoms with van der Waals surface area (Å²) in [6.45, 7) is 5.14. The van der Waals surface area contributed by atoms with Gasteiger partial charge in [-0.3, -0.25) is 14.4 Å². The SMILES string of the molecule is CC(C)CC(CNC(=O)CCN1CCSC1=O)C(=O)O. The van der Waals surface area contributed by atoms with E-state index in [-0.39, 0.29) is 30.0 Å². The maximum absolute atomic E-state index is 11.7. The van der Waals surface area contributed by atoms with Crippen LogP contribution in [0.3, 0.4) is 0 Å². The van der Waals surface area contributed by atoms with Gasteiger partial charge < -0.3 is 15.3 Å². The Bertz CT molecular complexity index is 373. The zero-order valence-corrected chi connectivity index (χ0v) is 12.7. The predicted octanol–water partition coefficient (Wildman–Crippen LogP) is 1.41. The first-order valence-corrected chi connectivity index (χ1v) is 7.80. The number of nitrogens with one attached hydrogen (secondary N) is 1. The van der Waals surface area contributed by atoms with Gasteiger partial charge in [0.2, 0.25) is 5.91 Å². The van der Waals surface area contributed by atoms with Crippen LogP contribution < -0.4 is 5.32 Å². The molecule has 0 aromatic heterocycles. The molecule has 1 fully saturated rings. The maximum Gasteiger partial charge on any atom is 0.308 e. The molecule has 6 nitrogen and oxygen atoms in total. The van der Waals surface area contributed by atoms with Crippen molar-refractivity contribution < 1.29 is 19.5 Å². The van der Waals surface area contributed by atoms with Crippen molar-refractivity contribution >= 4 is 28.9 Å². The summed E-state index contributed by atoms with van der Waals surface area (Å²) >= 11 is 1.26. The Morgan fingerprint density at radius 3 is 2.65 bits per heavy atom. The molecule has 0 radical (unpaired) electrons. The number of hydrogen-bond donors (Lipinski definition) is 2. The molecule has 1 rings (SSSR count). The summed E-state index contributed by atoms with van der Waals surface area (Å²) in [6.07, 6.45) is 0.761. The van der Waals surface area contributed by atoms with Gasteiger partial charge in [0.1, 0.15) is 0 Å². The second-order valence-electron chi connectivity index (χ2n) is 5.32. The van der Waals surface area contributed by atoms with Crippen LogP contribution in [0.15, 0.2) is 0 Å². The molecule has 2 amide bonds. The molecule has 1 aliphatic rings. The lowest BCUT2D eigenvalue weighted by Crippen LogP contribution is -2.36. The lowest BCUT2D eigenvalue weighted by atomic mass is 9.97. The van der Waals surface area contributed by atoms with Crippen LogP contribution in [0.1, 0.15) is 26.7 Å². The molecular weight excluding hydrogens is 280 g/mol. The molecule has 20 heavy (non-hydrogen) atoms. The second-order valence-corrected chi connectivity index (χ2v) is 6.37. The van der Waals surface area contributed by atoms with Crippen molar-refractivity contribution in [2.24, 2.45) is 11.8 Å². The monoisotopic (exact) mass is 302 g/mol. The first kappa shape index (κ1) is 16.8. The molecule has 0 aromatic rings. The quantitative estimate of drug-likeness (QED) is 0.708. The normalized spacial score (nSPS) is 16.6. The number of thioether (sulfide) groups is 1. The van der Waals surface area contributed by atoms with Crippen molar-refractivity contribution in [3.05, 3.63) is 0 Å². The van der Waals surface area contributed by atoms with E-state index in [1.54, 1.807) is 4.90 Å². The molecule has 1 atom stereocenters. The summed E-state index contributed by atoms with van der Waals surface area (Å²) in [4.78, 5) is 35.7. The smallest absolute Gasteiger partial charge is 0.308 e. The van der Waals surface area contributed by atoms with Crippen molar-refractivity contribution in [1.82, 2.24) is 10.2 Å². The number of rotatable bonds is 8.